The molecule has 0 aliphatic heterocycles. The van der Waals surface area contributed by atoms with Crippen molar-refractivity contribution in [3.05, 3.63) is 0 Å². The predicted octanol–water partition coefficient (Wildman–Crippen LogP) is 1.77. The summed E-state index contributed by atoms with van der Waals surface area (Å²) >= 11 is 0. The minimum Gasteiger partial charge on any atom is -0.748 e. The molecule has 0 aliphatic rings. The van der Waals surface area contributed by atoms with Gasteiger partial charge in [-0.15, -0.1) is 0 Å². The van der Waals surface area contributed by atoms with Crippen LogP contribution in [-0.4, -0.2) is 29.4 Å². The first-order chi connectivity index (χ1) is 10.9. The fourth-order valence-electron chi connectivity index (χ4n) is 2.90. The molecule has 0 saturated carbocycles. The fourth-order valence-corrected chi connectivity index (χ4v) is 3.78. The summed E-state index contributed by atoms with van der Waals surface area (Å²) in [6, 6.07) is 0. The van der Waals surface area contributed by atoms with Gasteiger partial charge in [0, 0.05) is 5.25 Å². The maximum Gasteiger partial charge on any atom is 1.00 e. The third-order valence-corrected chi connectivity index (χ3v) is 5.79. The number of hydrogen-bond acceptors (Lipinski definition) is 4. The minimum atomic E-state index is -4.23. The van der Waals surface area contributed by atoms with Crippen LogP contribution in [0.2, 0.25) is 0 Å². The molecule has 0 fully saturated rings. The van der Waals surface area contributed by atoms with Crippen molar-refractivity contribution in [3.63, 3.8) is 0 Å². The normalized spacial score (nSPS) is 14.2. The molecule has 2 atom stereocenters. The quantitative estimate of drug-likeness (QED) is 0.248. The van der Waals surface area contributed by atoms with E-state index in [0.717, 1.165) is 25.7 Å². The van der Waals surface area contributed by atoms with E-state index in [-0.39, 0.29) is 51.4 Å². The topological polar surface area (TPSA) is 77.4 Å². The molecule has 0 radical (unpaired) electrons. The van der Waals surface area contributed by atoms with E-state index in [9.17, 15) is 18.1 Å². The van der Waals surface area contributed by atoms with Crippen LogP contribution in [0.15, 0.2) is 0 Å². The summed E-state index contributed by atoms with van der Waals surface area (Å²) in [5.41, 5.74) is 0. The Morgan fingerprint density at radius 1 is 0.750 bits per heavy atom. The second-order valence-electron chi connectivity index (χ2n) is 6.75. The van der Waals surface area contributed by atoms with Crippen LogP contribution in [0.1, 0.15) is 104 Å². The summed E-state index contributed by atoms with van der Waals surface area (Å²) in [5.74, 6) is 0. The molecule has 0 amide bonds. The average molecular weight is 389 g/mol. The molecule has 0 rings (SSSR count). The van der Waals surface area contributed by atoms with E-state index in [1.807, 2.05) is 6.92 Å². The maximum absolute atomic E-state index is 11.2. The summed E-state index contributed by atoms with van der Waals surface area (Å²) < 4.78 is 33.7. The van der Waals surface area contributed by atoms with E-state index in [1.165, 1.54) is 38.5 Å². The summed E-state index contributed by atoms with van der Waals surface area (Å²) in [6.45, 7) is 4.19. The number of aliphatic hydroxyl groups is 1. The predicted molar refractivity (Wildman–Crippen MR) is 95.5 cm³/mol. The standard InChI is InChI=1S/C18H38O4S.K/c1-3-5-7-8-9-10-11-12-13-17(19)15-16-18(14-6-4-2)23(20,21)22;/h17-19H,3-16H2,1-2H3,(H,20,21,22);/q;+1/p-1. The average Bonchev–Trinajstić information content (AvgIpc) is 2.48. The summed E-state index contributed by atoms with van der Waals surface area (Å²) in [7, 11) is -4.23. The molecule has 24 heavy (non-hydrogen) atoms. The molecule has 140 valence electrons. The smallest absolute Gasteiger partial charge is 0.748 e. The van der Waals surface area contributed by atoms with Crippen LogP contribution in [-0.2, 0) is 10.1 Å². The van der Waals surface area contributed by atoms with E-state index in [4.69, 9.17) is 0 Å². The molecule has 0 saturated heterocycles. The summed E-state index contributed by atoms with van der Waals surface area (Å²) in [4.78, 5) is 0. The number of hydrogen-bond donors (Lipinski definition) is 1. The first-order valence-corrected chi connectivity index (χ1v) is 11.0. The second-order valence-corrected chi connectivity index (χ2v) is 8.40. The van der Waals surface area contributed by atoms with E-state index in [2.05, 4.69) is 6.92 Å². The Hall–Kier alpha value is 1.51. The van der Waals surface area contributed by atoms with E-state index in [1.54, 1.807) is 0 Å². The van der Waals surface area contributed by atoms with Gasteiger partial charge in [0.15, 0.2) is 0 Å². The van der Waals surface area contributed by atoms with Crippen molar-refractivity contribution in [2.45, 2.75) is 115 Å². The Balaban J connectivity index is 0. The molecule has 0 aromatic rings. The molecule has 0 aromatic heterocycles. The minimum absolute atomic E-state index is 0. The van der Waals surface area contributed by atoms with Crippen LogP contribution < -0.4 is 51.4 Å². The maximum atomic E-state index is 11.2. The number of aliphatic hydroxyl groups excluding tert-OH is 1. The van der Waals surface area contributed by atoms with Crippen molar-refractivity contribution in [2.24, 2.45) is 0 Å². The first-order valence-electron chi connectivity index (χ1n) is 9.54. The van der Waals surface area contributed by atoms with Crippen LogP contribution in [0.5, 0.6) is 0 Å². The SMILES string of the molecule is CCCCCCCCCCC(O)CCC(CCCC)S(=O)(=O)[O-].[K+]. The van der Waals surface area contributed by atoms with E-state index < -0.39 is 21.5 Å². The molecular weight excluding hydrogens is 351 g/mol. The summed E-state index contributed by atoms with van der Waals surface area (Å²) in [6.07, 6.45) is 12.8. The van der Waals surface area contributed by atoms with Crippen molar-refractivity contribution in [1.29, 1.82) is 0 Å². The van der Waals surface area contributed by atoms with Gasteiger partial charge in [0.05, 0.1) is 16.2 Å². The van der Waals surface area contributed by atoms with Crippen LogP contribution in [0.4, 0.5) is 0 Å². The number of rotatable bonds is 16. The van der Waals surface area contributed by atoms with Gasteiger partial charge < -0.3 is 9.66 Å². The van der Waals surface area contributed by atoms with Crippen molar-refractivity contribution in [1.82, 2.24) is 0 Å². The van der Waals surface area contributed by atoms with Gasteiger partial charge >= 0.3 is 51.4 Å². The molecule has 0 spiro atoms. The van der Waals surface area contributed by atoms with Crippen LogP contribution in [0.3, 0.4) is 0 Å². The molecule has 4 nitrogen and oxygen atoms in total. The zero-order chi connectivity index (χ0) is 17.6. The van der Waals surface area contributed by atoms with Gasteiger partial charge in [-0.1, -0.05) is 78.1 Å². The van der Waals surface area contributed by atoms with Crippen molar-refractivity contribution >= 4 is 10.1 Å². The first kappa shape index (κ1) is 27.7. The monoisotopic (exact) mass is 388 g/mol. The van der Waals surface area contributed by atoms with Crippen LogP contribution >= 0.6 is 0 Å². The Morgan fingerprint density at radius 3 is 1.75 bits per heavy atom. The molecular formula is C18H37KO4S. The van der Waals surface area contributed by atoms with Crippen molar-refractivity contribution in [3.8, 4) is 0 Å². The second kappa shape index (κ2) is 17.9. The van der Waals surface area contributed by atoms with Crippen LogP contribution in [0, 0.1) is 0 Å². The van der Waals surface area contributed by atoms with Gasteiger partial charge in [-0.05, 0) is 25.7 Å². The zero-order valence-electron chi connectivity index (χ0n) is 16.1. The van der Waals surface area contributed by atoms with E-state index >= 15 is 0 Å². The summed E-state index contributed by atoms with van der Waals surface area (Å²) in [5, 5.41) is 9.14. The van der Waals surface area contributed by atoms with Crippen molar-refractivity contribution < 1.29 is 69.5 Å². The van der Waals surface area contributed by atoms with E-state index in [0.29, 0.717) is 25.7 Å². The third-order valence-electron chi connectivity index (χ3n) is 4.50. The van der Waals surface area contributed by atoms with Crippen LogP contribution in [0.25, 0.3) is 0 Å². The van der Waals surface area contributed by atoms with Gasteiger partial charge in [0.1, 0.15) is 0 Å². The van der Waals surface area contributed by atoms with Gasteiger partial charge in [-0.25, -0.2) is 8.42 Å². The molecule has 2 unspecified atom stereocenters. The van der Waals surface area contributed by atoms with Gasteiger partial charge in [-0.2, -0.15) is 0 Å². The largest absolute Gasteiger partial charge is 1.00 e. The molecule has 6 heteroatoms. The Bertz CT molecular complexity index is 360. The zero-order valence-corrected chi connectivity index (χ0v) is 20.1. The molecule has 0 aliphatic carbocycles. The number of unbranched alkanes of at least 4 members (excludes halogenated alkanes) is 8. The molecule has 0 aromatic carbocycles. The van der Waals surface area contributed by atoms with Crippen molar-refractivity contribution in [2.75, 3.05) is 0 Å². The third kappa shape index (κ3) is 16.9. The molecule has 1 N–H and O–H groups in total. The fraction of sp³-hybridized carbons (Fsp3) is 1.00. The molecule has 0 bridgehead atoms. The Morgan fingerprint density at radius 2 is 1.25 bits per heavy atom. The van der Waals surface area contributed by atoms with Gasteiger partial charge in [0.2, 0.25) is 0 Å². The Labute approximate surface area is 192 Å². The van der Waals surface area contributed by atoms with Gasteiger partial charge in [0.25, 0.3) is 0 Å². The van der Waals surface area contributed by atoms with Gasteiger partial charge in [-0.3, -0.25) is 0 Å². The molecule has 0 heterocycles. The Kier molecular flexibility index (Phi) is 20.7.